The Morgan fingerprint density at radius 2 is 1.76 bits per heavy atom. The number of halogens is 3. The Morgan fingerprint density at radius 1 is 0.970 bits per heavy atom. The van der Waals surface area contributed by atoms with Gasteiger partial charge in [0.15, 0.2) is 5.75 Å². The fourth-order valence-electron chi connectivity index (χ4n) is 3.80. The van der Waals surface area contributed by atoms with Gasteiger partial charge in [0.1, 0.15) is 27.5 Å². The van der Waals surface area contributed by atoms with Gasteiger partial charge in [0.25, 0.3) is 0 Å². The number of fused-ring (bicyclic) bond motifs is 2. The van der Waals surface area contributed by atoms with Crippen LogP contribution in [0.5, 0.6) is 11.5 Å². The first-order chi connectivity index (χ1) is 16.1. The third kappa shape index (κ3) is 4.96. The van der Waals surface area contributed by atoms with Crippen LogP contribution in [0.15, 0.2) is 82.0 Å². The average Bonchev–Trinajstić information content (AvgIpc) is 2.99. The molecule has 0 aliphatic carbocycles. The third-order valence-electron chi connectivity index (χ3n) is 5.43. The normalized spacial score (nSPS) is 12.6. The van der Waals surface area contributed by atoms with E-state index in [0.717, 1.165) is 43.3 Å². The van der Waals surface area contributed by atoms with Gasteiger partial charge in [-0.05, 0) is 61.7 Å². The molecule has 5 nitrogen and oxygen atoms in total. The van der Waals surface area contributed by atoms with Crippen LogP contribution in [0.3, 0.4) is 0 Å². The standard InChI is InChI=1S/C25H20Br2ClN3O2/c26-24-25(27)31(16-32-15-17-6-2-1-3-7-17)23(29-24)14-30-13-18-8-4-5-9-21(18)33-22-11-10-19(28)12-20(22)30/h1-12H,13-16H2. The van der Waals surface area contributed by atoms with Crippen LogP contribution in [-0.4, -0.2) is 9.55 Å². The summed E-state index contributed by atoms with van der Waals surface area (Å²) in [5, 5.41) is 0.658. The molecule has 0 unspecified atom stereocenters. The highest BCUT2D eigenvalue weighted by molar-refractivity contribution is 9.13. The first kappa shape index (κ1) is 22.5. The Hall–Kier alpha value is -2.32. The predicted octanol–water partition coefficient (Wildman–Crippen LogP) is 7.55. The van der Waals surface area contributed by atoms with Crippen molar-refractivity contribution in [3.8, 4) is 11.5 Å². The maximum Gasteiger partial charge on any atom is 0.150 e. The van der Waals surface area contributed by atoms with E-state index in [1.807, 2.05) is 59.2 Å². The molecule has 0 amide bonds. The lowest BCUT2D eigenvalue weighted by molar-refractivity contribution is 0.0607. The number of ether oxygens (including phenoxy) is 2. The molecule has 0 saturated heterocycles. The average molecular weight is 590 g/mol. The lowest BCUT2D eigenvalue weighted by Gasteiger charge is -2.24. The van der Waals surface area contributed by atoms with E-state index in [2.05, 4.69) is 55.0 Å². The molecule has 168 valence electrons. The number of anilines is 1. The van der Waals surface area contributed by atoms with Gasteiger partial charge in [0, 0.05) is 17.1 Å². The van der Waals surface area contributed by atoms with Crippen molar-refractivity contribution in [1.82, 2.24) is 9.55 Å². The molecule has 0 fully saturated rings. The zero-order valence-electron chi connectivity index (χ0n) is 17.5. The van der Waals surface area contributed by atoms with Crippen LogP contribution in [0.2, 0.25) is 5.02 Å². The predicted molar refractivity (Wildman–Crippen MR) is 137 cm³/mol. The van der Waals surface area contributed by atoms with E-state index in [0.29, 0.717) is 31.4 Å². The van der Waals surface area contributed by atoms with E-state index in [-0.39, 0.29) is 0 Å². The largest absolute Gasteiger partial charge is 0.455 e. The van der Waals surface area contributed by atoms with E-state index >= 15 is 0 Å². The van der Waals surface area contributed by atoms with Crippen molar-refractivity contribution in [3.05, 3.63) is 104 Å². The maximum absolute atomic E-state index is 6.36. The van der Waals surface area contributed by atoms with Gasteiger partial charge < -0.3 is 14.4 Å². The number of hydrogen-bond acceptors (Lipinski definition) is 4. The van der Waals surface area contributed by atoms with Gasteiger partial charge in [0.2, 0.25) is 0 Å². The number of benzene rings is 3. The van der Waals surface area contributed by atoms with Crippen LogP contribution < -0.4 is 9.64 Å². The minimum atomic E-state index is 0.368. The van der Waals surface area contributed by atoms with Gasteiger partial charge in [-0.25, -0.2) is 4.98 Å². The number of aromatic nitrogens is 2. The molecule has 0 radical (unpaired) electrons. The highest BCUT2D eigenvalue weighted by Gasteiger charge is 2.24. The zero-order chi connectivity index (χ0) is 22.8. The molecule has 0 atom stereocenters. The van der Waals surface area contributed by atoms with E-state index in [1.165, 1.54) is 0 Å². The Kier molecular flexibility index (Phi) is 6.74. The molecule has 0 saturated carbocycles. The first-order valence-corrected chi connectivity index (χ1v) is 12.4. The Balaban J connectivity index is 1.43. The smallest absolute Gasteiger partial charge is 0.150 e. The van der Waals surface area contributed by atoms with Crippen LogP contribution in [0.25, 0.3) is 0 Å². The van der Waals surface area contributed by atoms with Gasteiger partial charge >= 0.3 is 0 Å². The summed E-state index contributed by atoms with van der Waals surface area (Å²) in [7, 11) is 0. The van der Waals surface area contributed by atoms with Gasteiger partial charge in [-0.15, -0.1) is 0 Å². The van der Waals surface area contributed by atoms with Gasteiger partial charge in [-0.2, -0.15) is 0 Å². The fourth-order valence-corrected chi connectivity index (χ4v) is 4.79. The van der Waals surface area contributed by atoms with Crippen LogP contribution in [0.1, 0.15) is 17.0 Å². The minimum absolute atomic E-state index is 0.368. The molecule has 33 heavy (non-hydrogen) atoms. The summed E-state index contributed by atoms with van der Waals surface area (Å²) in [6.45, 7) is 2.10. The molecule has 1 aliphatic rings. The first-order valence-electron chi connectivity index (χ1n) is 10.4. The second-order valence-corrected chi connectivity index (χ2v) is 9.62. The molecule has 8 heteroatoms. The Labute approximate surface area is 214 Å². The summed E-state index contributed by atoms with van der Waals surface area (Å²) in [6, 6.07) is 23.9. The monoisotopic (exact) mass is 587 g/mol. The van der Waals surface area contributed by atoms with Gasteiger partial charge in [0.05, 0.1) is 18.8 Å². The molecule has 1 aromatic heterocycles. The van der Waals surface area contributed by atoms with Crippen LogP contribution in [0, 0.1) is 0 Å². The molecule has 0 bridgehead atoms. The van der Waals surface area contributed by atoms with E-state index in [9.17, 15) is 0 Å². The van der Waals surface area contributed by atoms with Crippen molar-refractivity contribution in [2.45, 2.75) is 26.4 Å². The second kappa shape index (κ2) is 9.89. The van der Waals surface area contributed by atoms with Crippen molar-refractivity contribution in [1.29, 1.82) is 0 Å². The number of rotatable bonds is 6. The topological polar surface area (TPSA) is 39.5 Å². The van der Waals surface area contributed by atoms with Crippen molar-refractivity contribution in [2.24, 2.45) is 0 Å². The summed E-state index contributed by atoms with van der Waals surface area (Å²) < 4.78 is 15.8. The molecule has 1 aliphatic heterocycles. The summed E-state index contributed by atoms with van der Waals surface area (Å²) in [6.07, 6.45) is 0. The molecule has 2 heterocycles. The lowest BCUT2D eigenvalue weighted by atomic mass is 10.2. The van der Waals surface area contributed by atoms with Crippen molar-refractivity contribution in [3.63, 3.8) is 0 Å². The molecule has 4 aromatic rings. The highest BCUT2D eigenvalue weighted by atomic mass is 79.9. The number of nitrogens with zero attached hydrogens (tertiary/aromatic N) is 3. The summed E-state index contributed by atoms with van der Waals surface area (Å²) >= 11 is 13.6. The SMILES string of the molecule is Clc1ccc2c(c1)N(Cc1nc(Br)c(Br)n1COCc1ccccc1)Cc1ccccc1O2. The molecular weight excluding hydrogens is 570 g/mol. The molecule has 5 rings (SSSR count). The second-order valence-electron chi connectivity index (χ2n) is 7.68. The van der Waals surface area contributed by atoms with Crippen molar-refractivity contribution < 1.29 is 9.47 Å². The molecule has 3 aromatic carbocycles. The van der Waals surface area contributed by atoms with Gasteiger partial charge in [-0.1, -0.05) is 60.1 Å². The molecule has 0 spiro atoms. The van der Waals surface area contributed by atoms with Crippen LogP contribution >= 0.6 is 43.5 Å². The number of imidazole rings is 1. The molecule has 0 N–H and O–H groups in total. The number of hydrogen-bond donors (Lipinski definition) is 0. The summed E-state index contributed by atoms with van der Waals surface area (Å²) in [5.41, 5.74) is 3.14. The minimum Gasteiger partial charge on any atom is -0.455 e. The van der Waals surface area contributed by atoms with E-state index < -0.39 is 0 Å². The summed E-state index contributed by atoms with van der Waals surface area (Å²) in [4.78, 5) is 6.97. The summed E-state index contributed by atoms with van der Waals surface area (Å²) in [5.74, 6) is 2.47. The Morgan fingerprint density at radius 3 is 2.61 bits per heavy atom. The Bertz CT molecular complexity index is 1280. The fraction of sp³-hybridized carbons (Fsp3) is 0.160. The highest BCUT2D eigenvalue weighted by Crippen LogP contribution is 2.41. The third-order valence-corrected chi connectivity index (χ3v) is 7.55. The molecular formula is C25H20Br2ClN3O2. The van der Waals surface area contributed by atoms with E-state index in [4.69, 9.17) is 26.1 Å². The van der Waals surface area contributed by atoms with Crippen molar-refractivity contribution >= 4 is 49.1 Å². The van der Waals surface area contributed by atoms with E-state index in [1.54, 1.807) is 0 Å². The quantitative estimate of drug-likeness (QED) is 0.233. The maximum atomic E-state index is 6.36. The number of para-hydroxylation sites is 1. The van der Waals surface area contributed by atoms with Crippen LogP contribution in [-0.2, 0) is 31.2 Å². The van der Waals surface area contributed by atoms with Crippen molar-refractivity contribution in [2.75, 3.05) is 4.90 Å². The zero-order valence-corrected chi connectivity index (χ0v) is 21.5. The van der Waals surface area contributed by atoms with Crippen LogP contribution in [0.4, 0.5) is 5.69 Å². The van der Waals surface area contributed by atoms with Gasteiger partial charge in [-0.3, -0.25) is 4.57 Å². The lowest BCUT2D eigenvalue weighted by Crippen LogP contribution is -2.24.